The number of likely N-dealkylation sites (N-methyl/N-ethyl adjacent to an activating group) is 1. The molecule has 44 heavy (non-hydrogen) atoms. The number of rotatable bonds is 8. The Kier molecular flexibility index (Phi) is 9.56. The van der Waals surface area contributed by atoms with Crippen LogP contribution in [0.15, 0.2) is 60.0 Å². The number of nitrogens with zero attached hydrogens (tertiary/aromatic N) is 4. The Bertz CT molecular complexity index is 1610. The van der Waals surface area contributed by atoms with Crippen molar-refractivity contribution < 1.29 is 41.0 Å². The number of nitrogens with one attached hydrogen (secondary N) is 2. The van der Waals surface area contributed by atoms with Crippen LogP contribution in [0.2, 0.25) is 0 Å². The van der Waals surface area contributed by atoms with Crippen molar-refractivity contribution in [1.29, 1.82) is 0 Å². The number of hydrogen-bond donors (Lipinski definition) is 3. The van der Waals surface area contributed by atoms with Gasteiger partial charge in [-0.15, -0.1) is 0 Å². The number of aromatic nitrogens is 2. The third-order valence-corrected chi connectivity index (χ3v) is 8.89. The summed E-state index contributed by atoms with van der Waals surface area (Å²) >= 11 is 0. The number of sulfonamides is 1. The normalized spacial score (nSPS) is 18.2. The van der Waals surface area contributed by atoms with E-state index in [-0.39, 0.29) is 53.3 Å². The monoisotopic (exact) mass is 638 g/mol. The highest BCUT2D eigenvalue weighted by molar-refractivity contribution is 7.89. The maximum absolute atomic E-state index is 13.7. The van der Waals surface area contributed by atoms with Crippen molar-refractivity contribution in [3.05, 3.63) is 66.1 Å². The van der Waals surface area contributed by atoms with Crippen molar-refractivity contribution in [2.75, 3.05) is 37.4 Å². The number of alkyl halides is 3. The van der Waals surface area contributed by atoms with Gasteiger partial charge in [-0.05, 0) is 49.4 Å². The molecule has 4 rings (SSSR count). The zero-order valence-corrected chi connectivity index (χ0v) is 25.2. The van der Waals surface area contributed by atoms with Gasteiger partial charge in [0.25, 0.3) is 15.9 Å². The number of aryl methyl sites for hydroxylation is 1. The number of benzene rings is 2. The molecule has 2 aromatic carbocycles. The fourth-order valence-electron chi connectivity index (χ4n) is 4.59. The van der Waals surface area contributed by atoms with Crippen molar-refractivity contribution >= 4 is 33.3 Å². The first-order chi connectivity index (χ1) is 20.6. The van der Waals surface area contributed by atoms with Crippen LogP contribution in [0.25, 0.3) is 0 Å². The van der Waals surface area contributed by atoms with Crippen LogP contribution in [0.5, 0.6) is 5.75 Å². The minimum atomic E-state index is -4.52. The highest BCUT2D eigenvalue weighted by atomic mass is 32.2. The number of urea groups is 1. The number of ether oxygens (including phenoxy) is 1. The summed E-state index contributed by atoms with van der Waals surface area (Å²) in [6, 6.07) is 6.85. The van der Waals surface area contributed by atoms with Gasteiger partial charge in [-0.25, -0.2) is 18.2 Å². The Balaban J connectivity index is 1.58. The second-order valence-electron chi connectivity index (χ2n) is 10.7. The first-order valence-electron chi connectivity index (χ1n) is 13.5. The van der Waals surface area contributed by atoms with Gasteiger partial charge in [0.1, 0.15) is 11.9 Å². The molecule has 0 spiro atoms. The molecule has 3 N–H and O–H groups in total. The molecular weight excluding hydrogens is 605 g/mol. The summed E-state index contributed by atoms with van der Waals surface area (Å²) in [5.74, 6) is -0.707. The smallest absolute Gasteiger partial charge is 0.416 e. The molecule has 0 radical (unpaired) electrons. The van der Waals surface area contributed by atoms with E-state index in [1.54, 1.807) is 14.0 Å². The van der Waals surface area contributed by atoms with E-state index in [2.05, 4.69) is 15.6 Å². The molecule has 3 amide bonds. The van der Waals surface area contributed by atoms with Gasteiger partial charge in [0, 0.05) is 44.1 Å². The van der Waals surface area contributed by atoms with Crippen LogP contribution in [0.1, 0.15) is 29.8 Å². The van der Waals surface area contributed by atoms with E-state index in [0.717, 1.165) is 28.6 Å². The predicted octanol–water partition coefficient (Wildman–Crippen LogP) is 3.62. The van der Waals surface area contributed by atoms with E-state index in [1.165, 1.54) is 47.2 Å². The highest BCUT2D eigenvalue weighted by Crippen LogP contribution is 2.32. The van der Waals surface area contributed by atoms with E-state index in [0.29, 0.717) is 0 Å². The second kappa shape index (κ2) is 12.8. The van der Waals surface area contributed by atoms with Gasteiger partial charge in [-0.2, -0.15) is 17.5 Å². The average molecular weight is 639 g/mol. The molecule has 3 aromatic rings. The molecule has 0 aliphatic carbocycles. The Hall–Kier alpha value is -4.15. The van der Waals surface area contributed by atoms with Gasteiger partial charge in [0.15, 0.2) is 5.03 Å². The third-order valence-electron chi connectivity index (χ3n) is 7.19. The van der Waals surface area contributed by atoms with Crippen LogP contribution in [0.3, 0.4) is 0 Å². The van der Waals surface area contributed by atoms with E-state index in [9.17, 15) is 36.3 Å². The number of carbonyl (C=O) groups excluding carboxylic acids is 2. The Morgan fingerprint density at radius 3 is 2.41 bits per heavy atom. The summed E-state index contributed by atoms with van der Waals surface area (Å²) in [4.78, 5) is 31.7. The van der Waals surface area contributed by atoms with Crippen molar-refractivity contribution in [3.8, 4) is 5.75 Å². The summed E-state index contributed by atoms with van der Waals surface area (Å²) in [5, 5.41) is 14.7. The molecule has 12 nitrogen and oxygen atoms in total. The number of aliphatic hydroxyl groups is 1. The number of halogens is 3. The molecular formula is C28H33F3N6O6S. The van der Waals surface area contributed by atoms with Gasteiger partial charge in [-0.3, -0.25) is 4.79 Å². The van der Waals surface area contributed by atoms with Crippen molar-refractivity contribution in [2.24, 2.45) is 13.0 Å². The Morgan fingerprint density at radius 1 is 1.18 bits per heavy atom. The standard InChI is InChI=1S/C28H33F3N6O6S/c1-17-12-37(18(2)15-38)26(39)22-11-21(34-27(40)33-20-7-5-19(6-8-20)28(29,30)31)9-10-23(22)43-24(17)13-36(4)44(41,42)25-14-35(3)16-32-25/h5-11,14,16-18,24,38H,12-13,15H2,1-4H3,(H2,33,34,40)/t17-,18-,24-/m0/s1. The summed E-state index contributed by atoms with van der Waals surface area (Å²) in [7, 11) is -0.894. The largest absolute Gasteiger partial charge is 0.488 e. The number of aliphatic hydroxyl groups excluding tert-OH is 1. The van der Waals surface area contributed by atoms with Crippen molar-refractivity contribution in [2.45, 2.75) is 37.2 Å². The van der Waals surface area contributed by atoms with E-state index >= 15 is 0 Å². The van der Waals surface area contributed by atoms with E-state index in [4.69, 9.17) is 4.74 Å². The zero-order valence-electron chi connectivity index (χ0n) is 24.4. The molecule has 0 saturated heterocycles. The number of hydrogen-bond acceptors (Lipinski definition) is 7. The number of anilines is 2. The predicted molar refractivity (Wildman–Crippen MR) is 155 cm³/mol. The molecule has 2 heterocycles. The molecule has 3 atom stereocenters. The maximum atomic E-state index is 13.7. The molecule has 16 heteroatoms. The summed E-state index contributed by atoms with van der Waals surface area (Å²) in [6.07, 6.45) is -2.48. The molecule has 1 aliphatic rings. The van der Waals surface area contributed by atoms with E-state index < -0.39 is 45.8 Å². The SMILES string of the molecule is C[C@H]1CN([C@@H](C)CO)C(=O)c2cc(NC(=O)Nc3ccc(C(F)(F)F)cc3)ccc2O[C@H]1CN(C)S(=O)(=O)c1cn(C)cn1. The van der Waals surface area contributed by atoms with Gasteiger partial charge in [-0.1, -0.05) is 6.92 Å². The molecule has 1 aliphatic heterocycles. The maximum Gasteiger partial charge on any atom is 0.416 e. The van der Waals surface area contributed by atoms with Gasteiger partial charge < -0.3 is 29.9 Å². The quantitative estimate of drug-likeness (QED) is 0.342. The topological polar surface area (TPSA) is 146 Å². The lowest BCUT2D eigenvalue weighted by atomic mass is 9.99. The average Bonchev–Trinajstić information content (AvgIpc) is 3.41. The van der Waals surface area contributed by atoms with Gasteiger partial charge in [0.05, 0.1) is 36.6 Å². The fraction of sp³-hybridized carbons (Fsp3) is 0.393. The van der Waals surface area contributed by atoms with Crippen LogP contribution < -0.4 is 15.4 Å². The first-order valence-corrected chi connectivity index (χ1v) is 15.0. The van der Waals surface area contributed by atoms with Crippen molar-refractivity contribution in [3.63, 3.8) is 0 Å². The van der Waals surface area contributed by atoms with Crippen LogP contribution in [0, 0.1) is 5.92 Å². The number of amides is 3. The van der Waals surface area contributed by atoms with Gasteiger partial charge >= 0.3 is 12.2 Å². The minimum Gasteiger partial charge on any atom is -0.488 e. The van der Waals surface area contributed by atoms with Crippen LogP contribution in [0.4, 0.5) is 29.3 Å². The zero-order chi connectivity index (χ0) is 32.4. The second-order valence-corrected chi connectivity index (χ2v) is 12.6. The van der Waals surface area contributed by atoms with Gasteiger partial charge in [0.2, 0.25) is 0 Å². The lowest BCUT2D eigenvalue weighted by molar-refractivity contribution is -0.137. The Labute approximate surface area is 252 Å². The summed E-state index contributed by atoms with van der Waals surface area (Å²) < 4.78 is 73.6. The molecule has 0 bridgehead atoms. The first kappa shape index (κ1) is 32.8. The number of carbonyl (C=O) groups is 2. The van der Waals surface area contributed by atoms with Crippen molar-refractivity contribution in [1.82, 2.24) is 18.8 Å². The lowest BCUT2D eigenvalue weighted by Crippen LogP contribution is -2.50. The van der Waals surface area contributed by atoms with Crippen LogP contribution in [-0.2, 0) is 23.2 Å². The summed E-state index contributed by atoms with van der Waals surface area (Å²) in [5.41, 5.74) is -0.504. The lowest BCUT2D eigenvalue weighted by Gasteiger charge is -2.38. The highest BCUT2D eigenvalue weighted by Gasteiger charge is 2.36. The number of fused-ring (bicyclic) bond motifs is 1. The molecule has 238 valence electrons. The van der Waals surface area contributed by atoms with Crippen LogP contribution in [-0.4, -0.2) is 83.1 Å². The minimum absolute atomic E-state index is 0.0600. The van der Waals surface area contributed by atoms with E-state index in [1.807, 2.05) is 6.92 Å². The summed E-state index contributed by atoms with van der Waals surface area (Å²) in [6.45, 7) is 3.20. The molecule has 0 saturated carbocycles. The molecule has 1 aromatic heterocycles. The number of imidazole rings is 1. The molecule has 0 unspecified atom stereocenters. The third kappa shape index (κ3) is 7.31. The fourth-order valence-corrected chi connectivity index (χ4v) is 5.73. The molecule has 0 fully saturated rings. The Morgan fingerprint density at radius 2 is 1.82 bits per heavy atom. The van der Waals surface area contributed by atoms with Crippen LogP contribution >= 0.6 is 0 Å².